The van der Waals surface area contributed by atoms with Crippen molar-refractivity contribution in [2.75, 3.05) is 6.54 Å². The van der Waals surface area contributed by atoms with Crippen LogP contribution in [0, 0.1) is 0 Å². The molecule has 1 heterocycles. The molecule has 0 radical (unpaired) electrons. The SMILES string of the molecule is CCN(C1CCCC1)S(=O)(=O)c1cnn(CCC(=O)O)c1. The second-order valence-corrected chi connectivity index (χ2v) is 7.12. The van der Waals surface area contributed by atoms with Crippen LogP contribution in [-0.4, -0.2) is 46.2 Å². The average molecular weight is 315 g/mol. The van der Waals surface area contributed by atoms with Gasteiger partial charge >= 0.3 is 5.97 Å². The van der Waals surface area contributed by atoms with Crippen molar-refractivity contribution in [1.29, 1.82) is 0 Å². The number of nitrogens with zero attached hydrogens (tertiary/aromatic N) is 3. The van der Waals surface area contributed by atoms with Gasteiger partial charge in [0.05, 0.1) is 19.2 Å². The van der Waals surface area contributed by atoms with Gasteiger partial charge in [0.25, 0.3) is 0 Å². The van der Waals surface area contributed by atoms with E-state index in [1.165, 1.54) is 17.1 Å². The van der Waals surface area contributed by atoms with Crippen LogP contribution < -0.4 is 0 Å². The van der Waals surface area contributed by atoms with Gasteiger partial charge in [-0.3, -0.25) is 9.48 Å². The van der Waals surface area contributed by atoms with E-state index in [4.69, 9.17) is 5.11 Å². The Morgan fingerprint density at radius 1 is 1.48 bits per heavy atom. The second kappa shape index (κ2) is 6.57. The zero-order chi connectivity index (χ0) is 15.5. The lowest BCUT2D eigenvalue weighted by Gasteiger charge is -2.25. The maximum Gasteiger partial charge on any atom is 0.305 e. The first-order valence-electron chi connectivity index (χ1n) is 7.21. The first-order valence-corrected chi connectivity index (χ1v) is 8.65. The number of carboxylic acid groups (broad SMARTS) is 1. The van der Waals surface area contributed by atoms with E-state index in [-0.39, 0.29) is 23.9 Å². The Morgan fingerprint density at radius 3 is 2.71 bits per heavy atom. The van der Waals surface area contributed by atoms with Crippen LogP contribution in [0.4, 0.5) is 0 Å². The summed E-state index contributed by atoms with van der Waals surface area (Å²) in [5.41, 5.74) is 0. The molecule has 21 heavy (non-hydrogen) atoms. The summed E-state index contributed by atoms with van der Waals surface area (Å²) in [5, 5.41) is 12.6. The number of hydrogen-bond donors (Lipinski definition) is 1. The Labute approximate surface area is 124 Å². The number of aliphatic carboxylic acids is 1. The predicted octanol–water partition coefficient (Wildman–Crippen LogP) is 1.31. The molecule has 0 atom stereocenters. The molecule has 118 valence electrons. The smallest absolute Gasteiger partial charge is 0.305 e. The van der Waals surface area contributed by atoms with Crippen molar-refractivity contribution in [2.24, 2.45) is 0 Å². The van der Waals surface area contributed by atoms with E-state index in [2.05, 4.69) is 5.10 Å². The lowest BCUT2D eigenvalue weighted by Crippen LogP contribution is -2.38. The third-order valence-electron chi connectivity index (χ3n) is 3.81. The maximum atomic E-state index is 12.7. The zero-order valence-electron chi connectivity index (χ0n) is 12.1. The Hall–Kier alpha value is -1.41. The van der Waals surface area contributed by atoms with Gasteiger partial charge in [-0.05, 0) is 12.8 Å². The lowest BCUT2D eigenvalue weighted by molar-refractivity contribution is -0.137. The van der Waals surface area contributed by atoms with Crippen molar-refractivity contribution in [3.8, 4) is 0 Å². The van der Waals surface area contributed by atoms with E-state index in [0.717, 1.165) is 25.7 Å². The molecule has 2 rings (SSSR count). The molecule has 1 fully saturated rings. The molecule has 1 aliphatic rings. The van der Waals surface area contributed by atoms with Crippen molar-refractivity contribution in [1.82, 2.24) is 14.1 Å². The maximum absolute atomic E-state index is 12.7. The highest BCUT2D eigenvalue weighted by molar-refractivity contribution is 7.89. The molecule has 0 bridgehead atoms. The summed E-state index contributed by atoms with van der Waals surface area (Å²) >= 11 is 0. The Bertz CT molecular complexity index is 590. The van der Waals surface area contributed by atoms with Gasteiger partial charge in [-0.25, -0.2) is 8.42 Å². The summed E-state index contributed by atoms with van der Waals surface area (Å²) in [6.07, 6.45) is 6.57. The standard InChI is InChI=1S/C13H21N3O4S/c1-2-16(11-5-3-4-6-11)21(19,20)12-9-14-15(10-12)8-7-13(17)18/h9-11H,2-8H2,1H3,(H,17,18). The highest BCUT2D eigenvalue weighted by atomic mass is 32.2. The van der Waals surface area contributed by atoms with Crippen molar-refractivity contribution < 1.29 is 18.3 Å². The molecular weight excluding hydrogens is 294 g/mol. The molecule has 0 aromatic carbocycles. The molecule has 0 spiro atoms. The van der Waals surface area contributed by atoms with Crippen molar-refractivity contribution >= 4 is 16.0 Å². The van der Waals surface area contributed by atoms with E-state index in [1.54, 1.807) is 4.31 Å². The summed E-state index contributed by atoms with van der Waals surface area (Å²) in [7, 11) is -3.55. The van der Waals surface area contributed by atoms with Gasteiger partial charge in [-0.15, -0.1) is 0 Å². The molecule has 0 saturated heterocycles. The van der Waals surface area contributed by atoms with E-state index < -0.39 is 16.0 Å². The molecule has 0 unspecified atom stereocenters. The molecule has 0 aliphatic heterocycles. The Morgan fingerprint density at radius 2 is 2.14 bits per heavy atom. The third-order valence-corrected chi connectivity index (χ3v) is 5.79. The highest BCUT2D eigenvalue weighted by Gasteiger charge is 2.32. The summed E-state index contributed by atoms with van der Waals surface area (Å²) in [6, 6.07) is 0.0716. The van der Waals surface area contributed by atoms with Crippen LogP contribution in [-0.2, 0) is 21.4 Å². The van der Waals surface area contributed by atoms with Crippen LogP contribution in [0.2, 0.25) is 0 Å². The van der Waals surface area contributed by atoms with Gasteiger partial charge in [0.2, 0.25) is 10.0 Å². The quantitative estimate of drug-likeness (QED) is 0.819. The number of hydrogen-bond acceptors (Lipinski definition) is 4. The van der Waals surface area contributed by atoms with Crippen molar-refractivity contribution in [3.63, 3.8) is 0 Å². The number of carbonyl (C=O) groups is 1. The van der Waals surface area contributed by atoms with Crippen molar-refractivity contribution in [3.05, 3.63) is 12.4 Å². The first kappa shape index (κ1) is 16.0. The van der Waals surface area contributed by atoms with Crippen LogP contribution in [0.3, 0.4) is 0 Å². The number of sulfonamides is 1. The van der Waals surface area contributed by atoms with Gasteiger partial charge in [0.15, 0.2) is 0 Å². The lowest BCUT2D eigenvalue weighted by atomic mass is 10.2. The summed E-state index contributed by atoms with van der Waals surface area (Å²) in [6.45, 7) is 2.44. The van der Waals surface area contributed by atoms with E-state index >= 15 is 0 Å². The summed E-state index contributed by atoms with van der Waals surface area (Å²) in [5.74, 6) is -0.934. The number of carboxylic acids is 1. The molecule has 8 heteroatoms. The molecule has 1 saturated carbocycles. The van der Waals surface area contributed by atoms with Crippen molar-refractivity contribution in [2.45, 2.75) is 56.5 Å². The van der Waals surface area contributed by atoms with Crippen LogP contribution in [0.5, 0.6) is 0 Å². The van der Waals surface area contributed by atoms with Gasteiger partial charge < -0.3 is 5.11 Å². The molecule has 1 aliphatic carbocycles. The minimum Gasteiger partial charge on any atom is -0.481 e. The first-order chi connectivity index (χ1) is 9.95. The van der Waals surface area contributed by atoms with Gasteiger partial charge in [-0.2, -0.15) is 9.40 Å². The summed E-state index contributed by atoms with van der Waals surface area (Å²) in [4.78, 5) is 10.7. The van der Waals surface area contributed by atoms with Gasteiger partial charge in [0, 0.05) is 18.8 Å². The zero-order valence-corrected chi connectivity index (χ0v) is 12.9. The highest BCUT2D eigenvalue weighted by Crippen LogP contribution is 2.28. The van der Waals surface area contributed by atoms with Crippen LogP contribution in [0.1, 0.15) is 39.0 Å². The molecule has 1 N–H and O–H groups in total. The van der Waals surface area contributed by atoms with Crippen LogP contribution >= 0.6 is 0 Å². The van der Waals surface area contributed by atoms with E-state index in [1.807, 2.05) is 6.92 Å². The van der Waals surface area contributed by atoms with Gasteiger partial charge in [0.1, 0.15) is 4.90 Å². The molecule has 7 nitrogen and oxygen atoms in total. The average Bonchev–Trinajstić information content (AvgIpc) is 3.08. The molecule has 1 aromatic rings. The van der Waals surface area contributed by atoms with Crippen LogP contribution in [0.15, 0.2) is 17.3 Å². The van der Waals surface area contributed by atoms with Crippen LogP contribution in [0.25, 0.3) is 0 Å². The molecule has 0 amide bonds. The fourth-order valence-electron chi connectivity index (χ4n) is 2.76. The molecular formula is C13H21N3O4S. The largest absolute Gasteiger partial charge is 0.481 e. The Kier molecular flexibility index (Phi) is 5.00. The fourth-order valence-corrected chi connectivity index (χ4v) is 4.41. The predicted molar refractivity (Wildman–Crippen MR) is 76.3 cm³/mol. The third kappa shape index (κ3) is 3.62. The number of rotatable bonds is 7. The Balaban J connectivity index is 2.16. The monoisotopic (exact) mass is 315 g/mol. The minimum atomic E-state index is -3.55. The van der Waals surface area contributed by atoms with E-state index in [0.29, 0.717) is 6.54 Å². The minimum absolute atomic E-state index is 0.0716. The summed E-state index contributed by atoms with van der Waals surface area (Å²) < 4.78 is 28.2. The number of aromatic nitrogens is 2. The topological polar surface area (TPSA) is 92.5 Å². The normalized spacial score (nSPS) is 16.7. The van der Waals surface area contributed by atoms with E-state index in [9.17, 15) is 13.2 Å². The fraction of sp³-hybridized carbons (Fsp3) is 0.692. The van der Waals surface area contributed by atoms with Gasteiger partial charge in [-0.1, -0.05) is 19.8 Å². The number of aryl methyl sites for hydroxylation is 1. The molecule has 1 aromatic heterocycles. The second-order valence-electron chi connectivity index (χ2n) is 5.23.